The van der Waals surface area contributed by atoms with Crippen molar-refractivity contribution in [1.82, 2.24) is 4.57 Å². The van der Waals surface area contributed by atoms with Crippen LogP contribution in [0, 0.1) is 0 Å². The molecule has 0 radical (unpaired) electrons. The van der Waals surface area contributed by atoms with Crippen LogP contribution in [0.2, 0.25) is 0 Å². The molecule has 2 heterocycles. The fourth-order valence-electron chi connectivity index (χ4n) is 8.07. The molecule has 0 fully saturated rings. The molecule has 1 aliphatic heterocycles. The van der Waals surface area contributed by atoms with Crippen LogP contribution in [0.1, 0.15) is 48.1 Å². The molecule has 0 saturated carbocycles. The molecule has 4 heteroatoms. The van der Waals surface area contributed by atoms with Gasteiger partial charge in [0, 0.05) is 37.4 Å². The minimum atomic E-state index is -0.280. The molecular weight excluding hydrogens is 793 g/mol. The maximum Gasteiger partial charge on any atom is 0.0696 e. The van der Waals surface area contributed by atoms with Crippen LogP contribution in [-0.2, 0) is 5.41 Å². The van der Waals surface area contributed by atoms with E-state index in [4.69, 9.17) is 9.98 Å². The number of hydrogen-bond donors (Lipinski definition) is 0. The summed E-state index contributed by atoms with van der Waals surface area (Å²) in [6.07, 6.45) is 2.94. The highest BCUT2D eigenvalue weighted by Crippen LogP contribution is 2.48. The Kier molecular flexibility index (Phi) is 9.44. The average Bonchev–Trinajstić information content (AvgIpc) is 3.73. The lowest BCUT2D eigenvalue weighted by Crippen LogP contribution is -2.27. The first-order chi connectivity index (χ1) is 27.4. The van der Waals surface area contributed by atoms with E-state index in [0.29, 0.717) is 6.42 Å². The number of hydrogen-bond acceptors (Lipinski definition) is 2. The summed E-state index contributed by atoms with van der Waals surface area (Å²) in [5.74, 6) is 0. The Morgan fingerprint density at radius 2 is 1.21 bits per heavy atom. The Morgan fingerprint density at radius 1 is 0.625 bits per heavy atom. The van der Waals surface area contributed by atoms with Gasteiger partial charge in [-0.15, -0.1) is 0 Å². The first-order valence-corrected chi connectivity index (χ1v) is 20.1. The molecule has 8 aromatic rings. The summed E-state index contributed by atoms with van der Waals surface area (Å²) in [7, 11) is 0. The highest BCUT2D eigenvalue weighted by atomic mass is 127. The summed E-state index contributed by atoms with van der Waals surface area (Å²) < 4.78 is 3.63. The lowest BCUT2D eigenvalue weighted by atomic mass is 9.78. The van der Waals surface area contributed by atoms with Crippen LogP contribution in [-0.4, -0.2) is 16.0 Å². The number of nitrogens with zero attached hydrogens (tertiary/aromatic N) is 3. The molecule has 0 atom stereocenters. The van der Waals surface area contributed by atoms with Gasteiger partial charge in [-0.3, -0.25) is 9.98 Å². The number of benzene rings is 7. The van der Waals surface area contributed by atoms with Crippen LogP contribution >= 0.6 is 22.6 Å². The Balaban J connectivity index is 1.02. The van der Waals surface area contributed by atoms with Crippen molar-refractivity contribution < 1.29 is 0 Å². The molecule has 3 nitrogen and oxygen atoms in total. The Morgan fingerprint density at radius 3 is 1.89 bits per heavy atom. The molecule has 0 aliphatic carbocycles. The molecular formula is C52H40IN3. The van der Waals surface area contributed by atoms with Gasteiger partial charge in [-0.1, -0.05) is 164 Å². The van der Waals surface area contributed by atoms with Gasteiger partial charge in [0.05, 0.1) is 33.8 Å². The molecule has 0 unspecified atom stereocenters. The molecule has 0 N–H and O–H groups in total. The van der Waals surface area contributed by atoms with Crippen LogP contribution in [0.25, 0.3) is 47.9 Å². The zero-order valence-corrected chi connectivity index (χ0v) is 33.6. The number of allylic oxidation sites excluding steroid dienone is 1. The quantitative estimate of drug-likeness (QED) is 0.102. The van der Waals surface area contributed by atoms with Gasteiger partial charge < -0.3 is 4.57 Å². The summed E-state index contributed by atoms with van der Waals surface area (Å²) in [6, 6.07) is 62.2. The highest BCUT2D eigenvalue weighted by Gasteiger charge is 2.39. The maximum atomic E-state index is 5.25. The average molecular weight is 834 g/mol. The molecule has 270 valence electrons. The molecule has 1 aromatic heterocycles. The predicted octanol–water partition coefficient (Wildman–Crippen LogP) is 14.2. The molecule has 1 aliphatic rings. The summed E-state index contributed by atoms with van der Waals surface area (Å²) in [4.78, 5) is 10.3. The summed E-state index contributed by atoms with van der Waals surface area (Å²) in [6.45, 7) is 9.02. The number of fused-ring (bicyclic) bond motifs is 5. The highest BCUT2D eigenvalue weighted by molar-refractivity contribution is 14.1. The van der Waals surface area contributed by atoms with Gasteiger partial charge in [0.15, 0.2) is 0 Å². The van der Waals surface area contributed by atoms with Gasteiger partial charge in [0.1, 0.15) is 0 Å². The minimum absolute atomic E-state index is 0.280. The van der Waals surface area contributed by atoms with E-state index in [0.717, 1.165) is 56.3 Å². The van der Waals surface area contributed by atoms with Crippen LogP contribution in [0.3, 0.4) is 0 Å². The maximum absolute atomic E-state index is 5.25. The fourth-order valence-corrected chi connectivity index (χ4v) is 8.65. The summed E-state index contributed by atoms with van der Waals surface area (Å²) >= 11 is 2.41. The largest absolute Gasteiger partial charge is 0.309 e. The monoisotopic (exact) mass is 833 g/mol. The van der Waals surface area contributed by atoms with Crippen molar-refractivity contribution >= 4 is 70.8 Å². The van der Waals surface area contributed by atoms with Crippen molar-refractivity contribution in [3.05, 3.63) is 216 Å². The number of halogens is 1. The second kappa shape index (κ2) is 14.9. The van der Waals surface area contributed by atoms with Crippen molar-refractivity contribution in [2.24, 2.45) is 9.98 Å². The van der Waals surface area contributed by atoms with Gasteiger partial charge >= 0.3 is 0 Å². The van der Waals surface area contributed by atoms with E-state index in [2.05, 4.69) is 217 Å². The van der Waals surface area contributed by atoms with Crippen molar-refractivity contribution in [2.45, 2.75) is 25.7 Å². The fraction of sp³-hybridized carbons (Fsp3) is 0.0769. The van der Waals surface area contributed by atoms with Crippen molar-refractivity contribution in [3.8, 4) is 16.8 Å². The molecule has 0 spiro atoms. The normalized spacial score (nSPS) is 13.9. The summed E-state index contributed by atoms with van der Waals surface area (Å²) in [5.41, 5.74) is 15.2. The third kappa shape index (κ3) is 6.54. The van der Waals surface area contributed by atoms with Crippen molar-refractivity contribution in [2.75, 3.05) is 0 Å². The molecule has 56 heavy (non-hydrogen) atoms. The van der Waals surface area contributed by atoms with E-state index in [9.17, 15) is 0 Å². The molecule has 0 bridgehead atoms. The van der Waals surface area contributed by atoms with E-state index in [1.54, 1.807) is 0 Å². The van der Waals surface area contributed by atoms with Crippen LogP contribution in [0.4, 0.5) is 5.69 Å². The predicted molar refractivity (Wildman–Crippen MR) is 247 cm³/mol. The van der Waals surface area contributed by atoms with E-state index in [-0.39, 0.29) is 5.41 Å². The van der Waals surface area contributed by atoms with E-state index in [1.807, 2.05) is 12.1 Å². The lowest BCUT2D eigenvalue weighted by Gasteiger charge is -2.24. The van der Waals surface area contributed by atoms with Gasteiger partial charge in [-0.05, 0) is 94.1 Å². The van der Waals surface area contributed by atoms with Crippen molar-refractivity contribution in [3.63, 3.8) is 0 Å². The zero-order valence-electron chi connectivity index (χ0n) is 31.5. The SMILES string of the molecule is C=C(N=C(C/C=C(/I)c1ccccc1)c1ccccc1)c1ccc(-c2ccc(-n3c4ccccc4c4ccc5c(c43)C(C)(C)C(c3ccccc3)=N5)cc2)cc1. The van der Waals surface area contributed by atoms with Gasteiger partial charge in [-0.25, -0.2) is 0 Å². The Hall–Kier alpha value is -6.11. The van der Waals surface area contributed by atoms with Crippen LogP contribution < -0.4 is 0 Å². The van der Waals surface area contributed by atoms with Crippen LogP contribution in [0.15, 0.2) is 199 Å². The van der Waals surface area contributed by atoms with Gasteiger partial charge in [0.25, 0.3) is 0 Å². The smallest absolute Gasteiger partial charge is 0.0696 e. The number of para-hydroxylation sites is 1. The number of rotatable bonds is 9. The Labute approximate surface area is 342 Å². The second-order valence-electron chi connectivity index (χ2n) is 14.8. The van der Waals surface area contributed by atoms with E-state index < -0.39 is 0 Å². The number of aromatic nitrogens is 1. The second-order valence-corrected chi connectivity index (χ2v) is 15.9. The first kappa shape index (κ1) is 35.6. The van der Waals surface area contributed by atoms with Crippen LogP contribution in [0.5, 0.6) is 0 Å². The lowest BCUT2D eigenvalue weighted by molar-refractivity contribution is 0.741. The van der Waals surface area contributed by atoms with E-state index >= 15 is 0 Å². The third-order valence-corrected chi connectivity index (χ3v) is 12.0. The molecule has 0 amide bonds. The van der Waals surface area contributed by atoms with Crippen molar-refractivity contribution in [1.29, 1.82) is 0 Å². The van der Waals surface area contributed by atoms with E-state index in [1.165, 1.54) is 36.5 Å². The Bertz CT molecular complexity index is 2830. The first-order valence-electron chi connectivity index (χ1n) is 19.0. The third-order valence-electron chi connectivity index (χ3n) is 10.9. The summed E-state index contributed by atoms with van der Waals surface area (Å²) in [5, 5.41) is 2.49. The topological polar surface area (TPSA) is 29.6 Å². The standard InChI is InChI=1S/C52H40IN3/c1-35(54-46(40-17-9-5-10-18-40)34-32-45(53)39-15-7-4-8-16-39)36-23-25-37(26-24-36)38-27-29-42(30-28-38)56-48-22-14-13-21-43(48)44-31-33-47-49(50(44)56)52(2,3)51(55-47)41-19-11-6-12-20-41/h4-33H,1,34H2,2-3H3/b45-32+,54-46?. The molecule has 0 saturated heterocycles. The van der Waals surface area contributed by atoms with Gasteiger partial charge in [0.2, 0.25) is 0 Å². The molecule has 9 rings (SSSR count). The molecule has 7 aromatic carbocycles. The number of aliphatic imine (C=N–C) groups is 2. The van der Waals surface area contributed by atoms with Gasteiger partial charge in [-0.2, -0.15) is 0 Å². The zero-order chi connectivity index (χ0) is 38.2. The minimum Gasteiger partial charge on any atom is -0.309 e.